The van der Waals surface area contributed by atoms with Gasteiger partial charge in [-0.3, -0.25) is 4.79 Å². The molecule has 1 saturated heterocycles. The minimum absolute atomic E-state index is 0.00562. The third kappa shape index (κ3) is 4.84. The number of aromatic nitrogens is 5. The van der Waals surface area contributed by atoms with Gasteiger partial charge in [-0.15, -0.1) is 0 Å². The summed E-state index contributed by atoms with van der Waals surface area (Å²) in [6.07, 6.45) is 5.26. The van der Waals surface area contributed by atoms with E-state index in [1.807, 2.05) is 24.7 Å². The first-order valence-corrected chi connectivity index (χ1v) is 11.8. The van der Waals surface area contributed by atoms with Crippen molar-refractivity contribution >= 4 is 34.5 Å². The highest BCUT2D eigenvalue weighted by Gasteiger charge is 2.20. The second kappa shape index (κ2) is 9.67. The van der Waals surface area contributed by atoms with Crippen molar-refractivity contribution in [1.82, 2.24) is 30.2 Å². The molecule has 0 radical (unpaired) electrons. The molecule has 4 rings (SSSR count). The first-order chi connectivity index (χ1) is 15.1. The molecule has 10 heteroatoms. The summed E-state index contributed by atoms with van der Waals surface area (Å²) in [6.45, 7) is 8.98. The average Bonchev–Trinajstić information content (AvgIpc) is 3.49. The molecule has 0 atom stereocenters. The summed E-state index contributed by atoms with van der Waals surface area (Å²) in [7, 11) is 0. The van der Waals surface area contributed by atoms with Gasteiger partial charge in [0.2, 0.25) is 5.91 Å². The van der Waals surface area contributed by atoms with Crippen LogP contribution in [0.5, 0.6) is 0 Å². The molecule has 0 aliphatic carbocycles. The Morgan fingerprint density at radius 2 is 2.06 bits per heavy atom. The topological polar surface area (TPSA) is 102 Å². The van der Waals surface area contributed by atoms with Crippen LogP contribution < -0.4 is 10.2 Å². The fourth-order valence-corrected chi connectivity index (χ4v) is 4.50. The number of thioether (sulfide) groups is 1. The quantitative estimate of drug-likeness (QED) is 0.398. The van der Waals surface area contributed by atoms with Gasteiger partial charge < -0.3 is 14.7 Å². The first-order valence-electron chi connectivity index (χ1n) is 10.9. The maximum atomic E-state index is 12.3. The third-order valence-corrected chi connectivity index (χ3v) is 6.29. The van der Waals surface area contributed by atoms with Crippen molar-refractivity contribution < 1.29 is 9.32 Å². The van der Waals surface area contributed by atoms with Crippen LogP contribution in [0.3, 0.4) is 0 Å². The minimum atomic E-state index is 0.00562. The standard InChI is InChI=1S/C21H29N7O2S/c1-4-31-21-24-19(27-10-5-6-11-27)17-13-23-28(20(17)25-21)12-9-22-18(29)8-7-16-14(2)26-30-15(16)3/h13H,4-12H2,1-3H3,(H,22,29). The number of hydrogen-bond donors (Lipinski definition) is 1. The van der Waals surface area contributed by atoms with Crippen LogP contribution in [0, 0.1) is 13.8 Å². The van der Waals surface area contributed by atoms with E-state index in [0.717, 1.165) is 57.9 Å². The lowest BCUT2D eigenvalue weighted by Crippen LogP contribution is -2.27. The van der Waals surface area contributed by atoms with Crippen molar-refractivity contribution in [3.63, 3.8) is 0 Å². The van der Waals surface area contributed by atoms with Gasteiger partial charge in [0.25, 0.3) is 0 Å². The van der Waals surface area contributed by atoms with Gasteiger partial charge in [0.15, 0.2) is 10.8 Å². The van der Waals surface area contributed by atoms with E-state index >= 15 is 0 Å². The third-order valence-electron chi connectivity index (χ3n) is 5.56. The van der Waals surface area contributed by atoms with Gasteiger partial charge in [0.1, 0.15) is 11.6 Å². The van der Waals surface area contributed by atoms with E-state index in [0.29, 0.717) is 25.9 Å². The summed E-state index contributed by atoms with van der Waals surface area (Å²) in [5, 5.41) is 13.2. The molecular weight excluding hydrogens is 414 g/mol. The summed E-state index contributed by atoms with van der Waals surface area (Å²) in [5.41, 5.74) is 2.70. The summed E-state index contributed by atoms with van der Waals surface area (Å²) < 4.78 is 7.03. The molecule has 0 bridgehead atoms. The van der Waals surface area contributed by atoms with Crippen LogP contribution in [0.25, 0.3) is 11.0 Å². The van der Waals surface area contributed by atoms with E-state index in [-0.39, 0.29) is 5.91 Å². The monoisotopic (exact) mass is 443 g/mol. The molecule has 166 valence electrons. The molecule has 31 heavy (non-hydrogen) atoms. The average molecular weight is 444 g/mol. The van der Waals surface area contributed by atoms with Gasteiger partial charge in [-0.2, -0.15) is 5.10 Å². The Hall–Kier alpha value is -2.62. The zero-order valence-electron chi connectivity index (χ0n) is 18.3. The number of nitrogens with one attached hydrogen (secondary N) is 1. The number of fused-ring (bicyclic) bond motifs is 1. The molecule has 0 aromatic carbocycles. The molecule has 9 nitrogen and oxygen atoms in total. The molecule has 3 aromatic heterocycles. The molecule has 1 aliphatic heterocycles. The van der Waals surface area contributed by atoms with Crippen molar-refractivity contribution in [3.8, 4) is 0 Å². The first kappa shape index (κ1) is 21.6. The van der Waals surface area contributed by atoms with E-state index in [4.69, 9.17) is 14.5 Å². The summed E-state index contributed by atoms with van der Waals surface area (Å²) in [4.78, 5) is 24.2. The van der Waals surface area contributed by atoms with Crippen LogP contribution in [0.4, 0.5) is 5.82 Å². The lowest BCUT2D eigenvalue weighted by Gasteiger charge is -2.17. The molecule has 1 aliphatic rings. The van der Waals surface area contributed by atoms with Crippen molar-refractivity contribution in [2.75, 3.05) is 30.3 Å². The highest BCUT2D eigenvalue weighted by atomic mass is 32.2. The lowest BCUT2D eigenvalue weighted by molar-refractivity contribution is -0.121. The Balaban J connectivity index is 1.40. The number of hydrogen-bond acceptors (Lipinski definition) is 8. The number of rotatable bonds is 9. The highest BCUT2D eigenvalue weighted by Crippen LogP contribution is 2.29. The maximum absolute atomic E-state index is 12.3. The van der Waals surface area contributed by atoms with E-state index in [2.05, 4.69) is 27.4 Å². The Bertz CT molecular complexity index is 1040. The molecule has 3 aromatic rings. The molecule has 0 saturated carbocycles. The second-order valence-electron chi connectivity index (χ2n) is 7.71. The van der Waals surface area contributed by atoms with Crippen LogP contribution in [-0.2, 0) is 17.8 Å². The van der Waals surface area contributed by atoms with Crippen LogP contribution in [-0.4, -0.2) is 56.2 Å². The Morgan fingerprint density at radius 1 is 1.26 bits per heavy atom. The maximum Gasteiger partial charge on any atom is 0.220 e. The Morgan fingerprint density at radius 3 is 2.77 bits per heavy atom. The number of aryl methyl sites for hydroxylation is 2. The van der Waals surface area contributed by atoms with Gasteiger partial charge in [-0.05, 0) is 38.9 Å². The minimum Gasteiger partial charge on any atom is -0.361 e. The smallest absolute Gasteiger partial charge is 0.220 e. The number of amides is 1. The predicted octanol–water partition coefficient (Wildman–Crippen LogP) is 2.89. The lowest BCUT2D eigenvalue weighted by atomic mass is 10.1. The largest absolute Gasteiger partial charge is 0.361 e. The Kier molecular flexibility index (Phi) is 6.74. The van der Waals surface area contributed by atoms with Crippen molar-refractivity contribution in [1.29, 1.82) is 0 Å². The number of nitrogens with zero attached hydrogens (tertiary/aromatic N) is 6. The van der Waals surface area contributed by atoms with E-state index in [9.17, 15) is 4.79 Å². The molecular formula is C21H29N7O2S. The predicted molar refractivity (Wildman–Crippen MR) is 120 cm³/mol. The fraction of sp³-hybridized carbons (Fsp3) is 0.571. The van der Waals surface area contributed by atoms with Crippen molar-refractivity contribution in [2.24, 2.45) is 0 Å². The zero-order valence-corrected chi connectivity index (χ0v) is 19.2. The second-order valence-corrected chi connectivity index (χ2v) is 8.95. The van der Waals surface area contributed by atoms with Crippen LogP contribution >= 0.6 is 11.8 Å². The normalized spacial score (nSPS) is 14.0. The SMILES string of the molecule is CCSc1nc(N2CCCC2)c2cnn(CCNC(=O)CCc3c(C)noc3C)c2n1. The van der Waals surface area contributed by atoms with Crippen molar-refractivity contribution in [3.05, 3.63) is 23.2 Å². The van der Waals surface area contributed by atoms with Crippen LogP contribution in [0.15, 0.2) is 15.9 Å². The van der Waals surface area contributed by atoms with Gasteiger partial charge in [0.05, 0.1) is 23.8 Å². The van der Waals surface area contributed by atoms with Crippen molar-refractivity contribution in [2.45, 2.75) is 58.2 Å². The van der Waals surface area contributed by atoms with Gasteiger partial charge in [-0.1, -0.05) is 23.8 Å². The van der Waals surface area contributed by atoms with E-state index in [1.165, 1.54) is 12.8 Å². The number of carbonyl (C=O) groups excluding carboxylic acids is 1. The highest BCUT2D eigenvalue weighted by molar-refractivity contribution is 7.99. The van der Waals surface area contributed by atoms with Crippen LogP contribution in [0.1, 0.15) is 43.2 Å². The van der Waals surface area contributed by atoms with Gasteiger partial charge in [-0.25, -0.2) is 14.6 Å². The van der Waals surface area contributed by atoms with E-state index < -0.39 is 0 Å². The molecule has 0 spiro atoms. The molecule has 1 N–H and O–H groups in total. The summed E-state index contributed by atoms with van der Waals surface area (Å²) >= 11 is 1.64. The summed E-state index contributed by atoms with van der Waals surface area (Å²) in [6, 6.07) is 0. The zero-order chi connectivity index (χ0) is 21.8. The summed E-state index contributed by atoms with van der Waals surface area (Å²) in [5.74, 6) is 2.68. The van der Waals surface area contributed by atoms with Gasteiger partial charge in [0, 0.05) is 31.6 Å². The Labute approximate surface area is 186 Å². The number of carbonyl (C=O) groups is 1. The molecule has 1 amide bonds. The molecule has 4 heterocycles. The fourth-order valence-electron chi connectivity index (χ4n) is 3.94. The van der Waals surface area contributed by atoms with E-state index in [1.54, 1.807) is 11.8 Å². The van der Waals surface area contributed by atoms with Gasteiger partial charge >= 0.3 is 0 Å². The molecule has 0 unspecified atom stereocenters. The number of anilines is 1. The molecule has 1 fully saturated rings. The van der Waals surface area contributed by atoms with Crippen LogP contribution in [0.2, 0.25) is 0 Å².